The third-order valence-corrected chi connectivity index (χ3v) is 3.51. The van der Waals surface area contributed by atoms with Crippen LogP contribution in [0.2, 0.25) is 0 Å². The van der Waals surface area contributed by atoms with Gasteiger partial charge in [-0.15, -0.1) is 0 Å². The standard InChI is InChI=1S/C9H10N2O3S/c10-6-1-2-7-15(13,14)9-5-3-4-8(12)11-9/h3-5H,1-2,7H2,(H,11,12). The summed E-state index contributed by atoms with van der Waals surface area (Å²) in [6.07, 6.45) is 0.464. The minimum atomic E-state index is -3.46. The molecule has 0 saturated carbocycles. The summed E-state index contributed by atoms with van der Waals surface area (Å²) in [5.41, 5.74) is -0.448. The highest BCUT2D eigenvalue weighted by Gasteiger charge is 2.14. The molecule has 1 aromatic rings. The van der Waals surface area contributed by atoms with Crippen molar-refractivity contribution in [3.63, 3.8) is 0 Å². The van der Waals surface area contributed by atoms with Gasteiger partial charge in [0, 0.05) is 12.5 Å². The fourth-order valence-corrected chi connectivity index (χ4v) is 2.35. The van der Waals surface area contributed by atoms with Crippen LogP contribution in [-0.2, 0) is 9.84 Å². The van der Waals surface area contributed by atoms with Crippen LogP contribution >= 0.6 is 0 Å². The monoisotopic (exact) mass is 226 g/mol. The van der Waals surface area contributed by atoms with E-state index in [9.17, 15) is 13.2 Å². The number of nitriles is 1. The van der Waals surface area contributed by atoms with Crippen LogP contribution in [0.1, 0.15) is 12.8 Å². The summed E-state index contributed by atoms with van der Waals surface area (Å²) in [5, 5.41) is 8.19. The lowest BCUT2D eigenvalue weighted by atomic mass is 10.4. The quantitative estimate of drug-likeness (QED) is 0.755. The molecule has 5 nitrogen and oxygen atoms in total. The molecule has 0 fully saturated rings. The van der Waals surface area contributed by atoms with Crippen LogP contribution < -0.4 is 5.56 Å². The molecule has 0 aromatic carbocycles. The van der Waals surface area contributed by atoms with E-state index in [-0.39, 0.29) is 23.6 Å². The molecule has 0 aliphatic carbocycles. The molecule has 0 aliphatic heterocycles. The highest BCUT2D eigenvalue weighted by molar-refractivity contribution is 7.91. The molecule has 0 bridgehead atoms. The first kappa shape index (κ1) is 11.5. The summed E-state index contributed by atoms with van der Waals surface area (Å²) in [6.45, 7) is 0. The van der Waals surface area contributed by atoms with Gasteiger partial charge in [0.1, 0.15) is 5.03 Å². The number of aromatic amines is 1. The second-order valence-electron chi connectivity index (χ2n) is 2.96. The van der Waals surface area contributed by atoms with Gasteiger partial charge in [-0.25, -0.2) is 8.42 Å². The van der Waals surface area contributed by atoms with Crippen molar-refractivity contribution in [3.05, 3.63) is 28.6 Å². The number of hydrogen-bond donors (Lipinski definition) is 1. The predicted octanol–water partition coefficient (Wildman–Crippen LogP) is 0.452. The van der Waals surface area contributed by atoms with E-state index in [2.05, 4.69) is 4.98 Å². The van der Waals surface area contributed by atoms with E-state index in [0.29, 0.717) is 0 Å². The average molecular weight is 226 g/mol. The zero-order chi connectivity index (χ0) is 11.3. The maximum Gasteiger partial charge on any atom is 0.248 e. The first-order valence-electron chi connectivity index (χ1n) is 4.35. The van der Waals surface area contributed by atoms with Crippen molar-refractivity contribution in [2.75, 3.05) is 5.75 Å². The first-order valence-corrected chi connectivity index (χ1v) is 6.00. The molecule has 0 spiro atoms. The fourth-order valence-electron chi connectivity index (χ4n) is 1.06. The van der Waals surface area contributed by atoms with E-state index in [1.54, 1.807) is 0 Å². The Bertz CT molecular complexity index is 525. The molecule has 0 unspecified atom stereocenters. The SMILES string of the molecule is N#CCCCS(=O)(=O)c1cccc(=O)[nH]1. The fraction of sp³-hybridized carbons (Fsp3) is 0.333. The Balaban J connectivity index is 2.88. The summed E-state index contributed by atoms with van der Waals surface area (Å²) >= 11 is 0. The third-order valence-electron chi connectivity index (χ3n) is 1.78. The Labute approximate surface area is 87.3 Å². The molecule has 1 N–H and O–H groups in total. The van der Waals surface area contributed by atoms with Gasteiger partial charge < -0.3 is 4.98 Å². The molecule has 1 heterocycles. The van der Waals surface area contributed by atoms with Gasteiger partial charge in [-0.3, -0.25) is 4.79 Å². The lowest BCUT2D eigenvalue weighted by Crippen LogP contribution is -2.14. The Kier molecular flexibility index (Phi) is 3.63. The van der Waals surface area contributed by atoms with E-state index >= 15 is 0 Å². The number of H-pyrrole nitrogens is 1. The summed E-state index contributed by atoms with van der Waals surface area (Å²) in [7, 11) is -3.46. The Hall–Kier alpha value is -1.61. The van der Waals surface area contributed by atoms with Crippen molar-refractivity contribution >= 4 is 9.84 Å². The molecule has 0 saturated heterocycles. The zero-order valence-electron chi connectivity index (χ0n) is 7.93. The number of nitrogens with one attached hydrogen (secondary N) is 1. The van der Waals surface area contributed by atoms with E-state index in [1.807, 2.05) is 6.07 Å². The zero-order valence-corrected chi connectivity index (χ0v) is 8.75. The Morgan fingerprint density at radius 2 is 2.13 bits per heavy atom. The highest BCUT2D eigenvalue weighted by Crippen LogP contribution is 2.07. The molecule has 0 aliphatic rings. The molecule has 1 aromatic heterocycles. The van der Waals surface area contributed by atoms with E-state index < -0.39 is 15.4 Å². The number of pyridine rings is 1. The molecule has 80 valence electrons. The summed E-state index contributed by atoms with van der Waals surface area (Å²) in [5.74, 6) is -0.124. The third kappa shape index (κ3) is 3.22. The largest absolute Gasteiger partial charge is 0.313 e. The lowest BCUT2D eigenvalue weighted by molar-refractivity contribution is 0.589. The summed E-state index contributed by atoms with van der Waals surface area (Å²) in [4.78, 5) is 13.1. The van der Waals surface area contributed by atoms with Gasteiger partial charge in [0.25, 0.3) is 0 Å². The van der Waals surface area contributed by atoms with E-state index in [1.165, 1.54) is 18.2 Å². The second kappa shape index (κ2) is 4.75. The van der Waals surface area contributed by atoms with Crippen molar-refractivity contribution in [3.8, 4) is 6.07 Å². The number of hydrogen-bond acceptors (Lipinski definition) is 4. The van der Waals surface area contributed by atoms with Gasteiger partial charge in [-0.05, 0) is 12.5 Å². The van der Waals surface area contributed by atoms with Gasteiger partial charge in [0.15, 0.2) is 9.84 Å². The molecule has 0 amide bonds. The molecular formula is C9H10N2O3S. The minimum Gasteiger partial charge on any atom is -0.313 e. The lowest BCUT2D eigenvalue weighted by Gasteiger charge is -2.01. The van der Waals surface area contributed by atoms with Crippen LogP contribution in [0.15, 0.2) is 28.0 Å². The van der Waals surface area contributed by atoms with Gasteiger partial charge in [0.2, 0.25) is 5.56 Å². The van der Waals surface area contributed by atoms with Gasteiger partial charge in [0.05, 0.1) is 11.8 Å². The van der Waals surface area contributed by atoms with Crippen LogP contribution in [0.3, 0.4) is 0 Å². The Morgan fingerprint density at radius 1 is 1.40 bits per heavy atom. The minimum absolute atomic E-state index is 0.0899. The van der Waals surface area contributed by atoms with Gasteiger partial charge in [-0.2, -0.15) is 5.26 Å². The number of rotatable bonds is 4. The van der Waals surface area contributed by atoms with Crippen molar-refractivity contribution in [1.82, 2.24) is 4.98 Å². The van der Waals surface area contributed by atoms with Crippen LogP contribution in [0.25, 0.3) is 0 Å². The predicted molar refractivity (Wildman–Crippen MR) is 54.0 cm³/mol. The molecule has 15 heavy (non-hydrogen) atoms. The Morgan fingerprint density at radius 3 is 2.73 bits per heavy atom. The van der Waals surface area contributed by atoms with Crippen molar-refractivity contribution in [2.45, 2.75) is 17.9 Å². The summed E-state index contributed by atoms with van der Waals surface area (Å²) < 4.78 is 23.2. The van der Waals surface area contributed by atoms with E-state index in [4.69, 9.17) is 5.26 Å². The van der Waals surface area contributed by atoms with Gasteiger partial charge >= 0.3 is 0 Å². The van der Waals surface area contributed by atoms with Gasteiger partial charge in [-0.1, -0.05) is 6.07 Å². The normalized spacial score (nSPS) is 10.9. The molecule has 0 atom stereocenters. The first-order chi connectivity index (χ1) is 7.06. The molecule has 0 radical (unpaired) electrons. The van der Waals surface area contributed by atoms with E-state index in [0.717, 1.165) is 0 Å². The topological polar surface area (TPSA) is 90.8 Å². The molecule has 1 rings (SSSR count). The molecule has 6 heteroatoms. The number of aromatic nitrogens is 1. The molecular weight excluding hydrogens is 216 g/mol. The number of unbranched alkanes of at least 4 members (excludes halogenated alkanes) is 1. The smallest absolute Gasteiger partial charge is 0.248 e. The highest BCUT2D eigenvalue weighted by atomic mass is 32.2. The van der Waals surface area contributed by atoms with Crippen molar-refractivity contribution in [2.24, 2.45) is 0 Å². The average Bonchev–Trinajstić information content (AvgIpc) is 2.18. The second-order valence-corrected chi connectivity index (χ2v) is 5.04. The maximum atomic E-state index is 11.6. The number of nitrogens with zero attached hydrogens (tertiary/aromatic N) is 1. The van der Waals surface area contributed by atoms with Crippen molar-refractivity contribution < 1.29 is 8.42 Å². The maximum absolute atomic E-state index is 11.6. The van der Waals surface area contributed by atoms with Crippen LogP contribution in [-0.4, -0.2) is 19.2 Å². The van der Waals surface area contributed by atoms with Crippen LogP contribution in [0, 0.1) is 11.3 Å². The van der Waals surface area contributed by atoms with Crippen LogP contribution in [0.4, 0.5) is 0 Å². The summed E-state index contributed by atoms with van der Waals surface area (Å²) in [6, 6.07) is 5.83. The number of sulfone groups is 1. The van der Waals surface area contributed by atoms with Crippen molar-refractivity contribution in [1.29, 1.82) is 5.26 Å². The van der Waals surface area contributed by atoms with Crippen LogP contribution in [0.5, 0.6) is 0 Å².